The van der Waals surface area contributed by atoms with Gasteiger partial charge in [0.05, 0.1) is 34.2 Å². The molecule has 1 aromatic carbocycles. The van der Waals surface area contributed by atoms with Gasteiger partial charge in [0, 0.05) is 35.2 Å². The maximum Gasteiger partial charge on any atom is 0.231 e. The van der Waals surface area contributed by atoms with Crippen LogP contribution in [0.4, 0.5) is 14.6 Å². The van der Waals surface area contributed by atoms with Gasteiger partial charge in [-0.2, -0.15) is 10.2 Å². The van der Waals surface area contributed by atoms with Gasteiger partial charge in [-0.05, 0) is 31.0 Å². The summed E-state index contributed by atoms with van der Waals surface area (Å²) in [6.45, 7) is 3.40. The molecule has 0 aliphatic heterocycles. The Bertz CT molecular complexity index is 1450. The molecular weight excluding hydrogens is 466 g/mol. The first kappa shape index (κ1) is 22.3. The van der Waals surface area contributed by atoms with E-state index in [2.05, 4.69) is 25.9 Å². The number of aromatic nitrogens is 4. The summed E-state index contributed by atoms with van der Waals surface area (Å²) in [5.41, 5.74) is 2.34. The van der Waals surface area contributed by atoms with Gasteiger partial charge in [-0.3, -0.25) is 14.7 Å². The third-order valence-corrected chi connectivity index (χ3v) is 6.37. The Morgan fingerprint density at radius 3 is 2.85 bits per heavy atom. The van der Waals surface area contributed by atoms with E-state index in [1.54, 1.807) is 49.0 Å². The first-order valence-corrected chi connectivity index (χ1v) is 11.2. The lowest BCUT2D eigenvalue weighted by Crippen LogP contribution is -2.26. The van der Waals surface area contributed by atoms with Crippen molar-refractivity contribution in [2.24, 2.45) is 5.92 Å². The predicted octanol–water partition coefficient (Wildman–Crippen LogP) is 4.55. The van der Waals surface area contributed by atoms with Crippen molar-refractivity contribution in [1.82, 2.24) is 25.1 Å². The van der Waals surface area contributed by atoms with E-state index in [1.807, 2.05) is 0 Å². The summed E-state index contributed by atoms with van der Waals surface area (Å²) in [5.74, 6) is -1.59. The van der Waals surface area contributed by atoms with Gasteiger partial charge < -0.3 is 10.6 Å². The van der Waals surface area contributed by atoms with Crippen LogP contribution in [0.25, 0.3) is 27.5 Å². The largest absolute Gasteiger partial charge is 0.349 e. The van der Waals surface area contributed by atoms with E-state index < -0.39 is 29.9 Å². The smallest absolute Gasteiger partial charge is 0.231 e. The number of H-pyrrole nitrogens is 1. The van der Waals surface area contributed by atoms with Gasteiger partial charge in [-0.25, -0.2) is 13.3 Å². The topological polar surface area (TPSA) is 104 Å². The number of nitrogens with zero attached hydrogens (tertiary/aromatic N) is 3. The average Bonchev–Trinajstić information content (AvgIpc) is 3.17. The Morgan fingerprint density at radius 2 is 2.15 bits per heavy atom. The zero-order chi connectivity index (χ0) is 24.1. The molecule has 8 nitrogen and oxygen atoms in total. The van der Waals surface area contributed by atoms with Crippen molar-refractivity contribution in [3.8, 4) is 11.1 Å². The normalized spacial score (nSPS) is 18.3. The highest BCUT2D eigenvalue weighted by atomic mass is 35.5. The molecule has 11 heteroatoms. The van der Waals surface area contributed by atoms with Crippen LogP contribution in [0.5, 0.6) is 0 Å². The van der Waals surface area contributed by atoms with E-state index in [0.29, 0.717) is 33.4 Å². The molecule has 0 radical (unpaired) electrons. The van der Waals surface area contributed by atoms with Crippen LogP contribution in [-0.2, 0) is 9.59 Å². The number of carbonyl (C=O) groups excluding carboxylic acids is 2. The molecule has 0 spiro atoms. The van der Waals surface area contributed by atoms with Crippen molar-refractivity contribution in [3.05, 3.63) is 47.0 Å². The van der Waals surface area contributed by atoms with Gasteiger partial charge in [0.15, 0.2) is 5.82 Å². The summed E-state index contributed by atoms with van der Waals surface area (Å²) in [6, 6.07) is 4.50. The first-order chi connectivity index (χ1) is 16.3. The molecule has 2 amide bonds. The molecule has 3 atom stereocenters. The molecule has 3 N–H and O–H groups in total. The highest BCUT2D eigenvalue weighted by Gasteiger charge is 2.43. The Kier molecular flexibility index (Phi) is 5.47. The zero-order valence-corrected chi connectivity index (χ0v) is 19.1. The molecule has 1 aliphatic carbocycles. The molecule has 34 heavy (non-hydrogen) atoms. The Morgan fingerprint density at radius 1 is 1.38 bits per heavy atom. The van der Waals surface area contributed by atoms with E-state index in [1.165, 1.54) is 0 Å². The Labute approximate surface area is 197 Å². The van der Waals surface area contributed by atoms with Gasteiger partial charge in [0.2, 0.25) is 11.8 Å². The van der Waals surface area contributed by atoms with Gasteiger partial charge in [0.25, 0.3) is 0 Å². The van der Waals surface area contributed by atoms with Crippen LogP contribution < -0.4 is 10.6 Å². The lowest BCUT2D eigenvalue weighted by Gasteiger charge is -2.18. The third kappa shape index (κ3) is 3.77. The Balaban J connectivity index is 1.55. The van der Waals surface area contributed by atoms with E-state index >= 15 is 4.39 Å². The van der Waals surface area contributed by atoms with Gasteiger partial charge in [-0.15, -0.1) is 0 Å². The second-order valence-corrected chi connectivity index (χ2v) is 8.76. The standard InChI is InChI=1S/C23H21ClF2N6O2/c1-3-17(33)28-10(2)18-21(26)20(24)19(14-9-27-30-22(14)18)11-4-5-32-12(6-11)7-16(31-32)29-23(34)13-8-15(13)25/h4-7,9-10,13,15H,3,8H2,1-2H3,(H,27,30)(H,28,33)(H,29,31,34)/t10?,13-,15+/m1/s1. The van der Waals surface area contributed by atoms with E-state index in [4.69, 9.17) is 11.6 Å². The second kappa shape index (κ2) is 8.35. The van der Waals surface area contributed by atoms with Crippen LogP contribution in [0.2, 0.25) is 5.02 Å². The van der Waals surface area contributed by atoms with E-state index in [-0.39, 0.29) is 29.3 Å². The van der Waals surface area contributed by atoms with Gasteiger partial charge >= 0.3 is 0 Å². The fourth-order valence-corrected chi connectivity index (χ4v) is 4.42. The van der Waals surface area contributed by atoms with Crippen molar-refractivity contribution in [3.63, 3.8) is 0 Å². The molecule has 3 heterocycles. The van der Waals surface area contributed by atoms with Crippen molar-refractivity contribution in [2.75, 3.05) is 5.32 Å². The number of anilines is 1. The molecule has 4 aromatic rings. The van der Waals surface area contributed by atoms with Crippen LogP contribution in [-0.4, -0.2) is 37.8 Å². The van der Waals surface area contributed by atoms with Crippen LogP contribution in [0.1, 0.15) is 38.3 Å². The third-order valence-electron chi connectivity index (χ3n) is 6.01. The van der Waals surface area contributed by atoms with Crippen molar-refractivity contribution in [1.29, 1.82) is 0 Å². The summed E-state index contributed by atoms with van der Waals surface area (Å²) >= 11 is 6.52. The van der Waals surface area contributed by atoms with E-state index in [0.717, 1.165) is 0 Å². The number of benzene rings is 1. The summed E-state index contributed by atoms with van der Waals surface area (Å²) in [6.07, 6.45) is 2.62. The monoisotopic (exact) mass is 486 g/mol. The number of fused-ring (bicyclic) bond motifs is 2. The van der Waals surface area contributed by atoms with Crippen molar-refractivity contribution >= 4 is 45.7 Å². The molecule has 3 aromatic heterocycles. The summed E-state index contributed by atoms with van der Waals surface area (Å²) < 4.78 is 30.2. The summed E-state index contributed by atoms with van der Waals surface area (Å²) in [5, 5.41) is 17.1. The number of pyridine rings is 1. The molecule has 1 aliphatic rings. The molecule has 0 bridgehead atoms. The number of aromatic amines is 1. The van der Waals surface area contributed by atoms with Gasteiger partial charge in [-0.1, -0.05) is 18.5 Å². The number of carbonyl (C=O) groups is 2. The van der Waals surface area contributed by atoms with Crippen molar-refractivity contribution in [2.45, 2.75) is 38.9 Å². The van der Waals surface area contributed by atoms with Crippen LogP contribution in [0.15, 0.2) is 30.6 Å². The number of hydrogen-bond donors (Lipinski definition) is 3. The number of nitrogens with one attached hydrogen (secondary N) is 3. The molecular formula is C23H21ClF2N6O2. The molecule has 176 valence electrons. The zero-order valence-electron chi connectivity index (χ0n) is 18.3. The number of rotatable bonds is 6. The van der Waals surface area contributed by atoms with Crippen molar-refractivity contribution < 1.29 is 18.4 Å². The first-order valence-electron chi connectivity index (χ1n) is 10.9. The van der Waals surface area contributed by atoms with Crippen LogP contribution in [0.3, 0.4) is 0 Å². The number of halogens is 3. The molecule has 5 rings (SSSR count). The van der Waals surface area contributed by atoms with E-state index in [9.17, 15) is 14.0 Å². The average molecular weight is 487 g/mol. The quantitative estimate of drug-likeness (QED) is 0.372. The number of amides is 2. The number of hydrogen-bond acceptors (Lipinski definition) is 4. The highest BCUT2D eigenvalue weighted by Crippen LogP contribution is 2.41. The molecule has 0 saturated heterocycles. The Hall–Kier alpha value is -3.53. The highest BCUT2D eigenvalue weighted by molar-refractivity contribution is 6.35. The predicted molar refractivity (Wildman–Crippen MR) is 124 cm³/mol. The molecule has 1 fully saturated rings. The fourth-order valence-electron chi connectivity index (χ4n) is 4.11. The van der Waals surface area contributed by atoms with Crippen LogP contribution >= 0.6 is 11.6 Å². The summed E-state index contributed by atoms with van der Waals surface area (Å²) in [4.78, 5) is 23.9. The molecule has 1 unspecified atom stereocenters. The minimum Gasteiger partial charge on any atom is -0.349 e. The summed E-state index contributed by atoms with van der Waals surface area (Å²) in [7, 11) is 0. The maximum absolute atomic E-state index is 15.5. The molecule has 1 saturated carbocycles. The second-order valence-electron chi connectivity index (χ2n) is 8.38. The minimum absolute atomic E-state index is 0.0957. The van der Waals surface area contributed by atoms with Crippen LogP contribution in [0, 0.1) is 11.7 Å². The SMILES string of the molecule is CCC(=O)NC(C)c1c(F)c(Cl)c(-c2ccn3nc(NC(=O)[C@@H]4C[C@@H]4F)cc3c2)c2cn[nH]c12. The number of alkyl halides is 1. The van der Waals surface area contributed by atoms with Gasteiger partial charge in [0.1, 0.15) is 12.0 Å². The lowest BCUT2D eigenvalue weighted by molar-refractivity contribution is -0.121. The fraction of sp³-hybridized carbons (Fsp3) is 0.304. The lowest BCUT2D eigenvalue weighted by atomic mass is 9.96. The minimum atomic E-state index is -1.10. The maximum atomic E-state index is 15.5.